The Labute approximate surface area is 214 Å². The summed E-state index contributed by atoms with van der Waals surface area (Å²) in [4.78, 5) is 31.6. The van der Waals surface area contributed by atoms with E-state index in [9.17, 15) is 14.7 Å². The first-order valence-electron chi connectivity index (χ1n) is 12.2. The minimum atomic E-state index is -0.794. The van der Waals surface area contributed by atoms with Gasteiger partial charge in [-0.3, -0.25) is 9.59 Å². The molecule has 1 fully saturated rings. The molecule has 7 heteroatoms. The first-order valence-corrected chi connectivity index (χ1v) is 12.2. The summed E-state index contributed by atoms with van der Waals surface area (Å²) in [5, 5.41) is 12.3. The molecule has 1 atom stereocenters. The molecule has 188 valence electrons. The first kappa shape index (κ1) is 24.2. The van der Waals surface area contributed by atoms with Crippen LogP contribution in [0.15, 0.2) is 84.6 Å². The molecule has 1 unspecified atom stereocenters. The summed E-state index contributed by atoms with van der Waals surface area (Å²) < 4.78 is 11.1. The van der Waals surface area contributed by atoms with Gasteiger partial charge in [-0.25, -0.2) is 0 Å². The number of hydrogen-bond acceptors (Lipinski definition) is 5. The maximum Gasteiger partial charge on any atom is 0.295 e. The van der Waals surface area contributed by atoms with Crippen molar-refractivity contribution in [1.82, 2.24) is 9.88 Å². The van der Waals surface area contributed by atoms with Crippen LogP contribution in [-0.4, -0.2) is 40.4 Å². The molecule has 0 saturated carbocycles. The van der Waals surface area contributed by atoms with Crippen LogP contribution >= 0.6 is 0 Å². The number of aromatic amines is 1. The van der Waals surface area contributed by atoms with Crippen LogP contribution < -0.4 is 9.47 Å². The van der Waals surface area contributed by atoms with Crippen LogP contribution in [0.2, 0.25) is 0 Å². The number of ketones is 1. The number of fused-ring (bicyclic) bond motifs is 1. The average Bonchev–Trinajstić information content (AvgIpc) is 3.46. The van der Waals surface area contributed by atoms with Crippen molar-refractivity contribution >= 4 is 28.4 Å². The number of aliphatic hydroxyl groups excluding tert-OH is 1. The standard InChI is InChI=1S/C30H28N2O5/c1-3-16-37-21-14-12-19(13-15-21)28(33)26-27(23-17-31-24-10-6-5-9-22(23)24)32(30(35)29(26)34)18-20-8-4-7-11-25(20)36-2/h4-15,17,27,31,33H,3,16,18H2,1-2H3/b28-26+. The van der Waals surface area contributed by atoms with E-state index in [0.717, 1.165) is 28.5 Å². The van der Waals surface area contributed by atoms with E-state index in [4.69, 9.17) is 9.47 Å². The lowest BCUT2D eigenvalue weighted by Gasteiger charge is -2.25. The summed E-state index contributed by atoms with van der Waals surface area (Å²) in [5.41, 5.74) is 2.84. The summed E-state index contributed by atoms with van der Waals surface area (Å²) in [6.07, 6.45) is 2.67. The van der Waals surface area contributed by atoms with Gasteiger partial charge in [-0.1, -0.05) is 43.3 Å². The van der Waals surface area contributed by atoms with Crippen LogP contribution in [0.25, 0.3) is 16.7 Å². The monoisotopic (exact) mass is 496 g/mol. The van der Waals surface area contributed by atoms with Crippen LogP contribution in [0.3, 0.4) is 0 Å². The highest BCUT2D eigenvalue weighted by atomic mass is 16.5. The molecule has 5 rings (SSSR count). The lowest BCUT2D eigenvalue weighted by atomic mass is 9.94. The van der Waals surface area contributed by atoms with Crippen molar-refractivity contribution in [1.29, 1.82) is 0 Å². The van der Waals surface area contributed by atoms with Gasteiger partial charge in [0.1, 0.15) is 17.3 Å². The van der Waals surface area contributed by atoms with E-state index in [0.29, 0.717) is 23.7 Å². The van der Waals surface area contributed by atoms with Crippen molar-refractivity contribution in [2.75, 3.05) is 13.7 Å². The molecule has 1 saturated heterocycles. The lowest BCUT2D eigenvalue weighted by Crippen LogP contribution is -2.29. The second-order valence-electron chi connectivity index (χ2n) is 8.90. The SMILES string of the molecule is CCCOc1ccc(/C(O)=C2\C(=O)C(=O)N(Cc3ccccc3OC)C2c2c[nH]c3ccccc23)cc1. The average molecular weight is 497 g/mol. The van der Waals surface area contributed by atoms with Gasteiger partial charge in [0.25, 0.3) is 11.7 Å². The number of likely N-dealkylation sites (tertiary alicyclic amines) is 1. The van der Waals surface area contributed by atoms with Crippen LogP contribution in [0, 0.1) is 0 Å². The molecule has 37 heavy (non-hydrogen) atoms. The number of nitrogens with zero attached hydrogens (tertiary/aromatic N) is 1. The zero-order valence-electron chi connectivity index (χ0n) is 20.7. The minimum Gasteiger partial charge on any atom is -0.507 e. The quantitative estimate of drug-likeness (QED) is 0.189. The van der Waals surface area contributed by atoms with Crippen molar-refractivity contribution in [3.63, 3.8) is 0 Å². The van der Waals surface area contributed by atoms with Gasteiger partial charge in [-0.2, -0.15) is 0 Å². The highest BCUT2D eigenvalue weighted by molar-refractivity contribution is 6.46. The highest BCUT2D eigenvalue weighted by Gasteiger charge is 2.47. The molecule has 0 bridgehead atoms. The molecule has 7 nitrogen and oxygen atoms in total. The number of carbonyl (C=O) groups excluding carboxylic acids is 2. The number of para-hydroxylation sites is 2. The van der Waals surface area contributed by atoms with Crippen molar-refractivity contribution in [2.24, 2.45) is 0 Å². The first-order chi connectivity index (χ1) is 18.0. The predicted octanol–water partition coefficient (Wildman–Crippen LogP) is 5.59. The fraction of sp³-hybridized carbons (Fsp3) is 0.200. The van der Waals surface area contributed by atoms with E-state index in [1.165, 1.54) is 4.90 Å². The van der Waals surface area contributed by atoms with E-state index in [1.54, 1.807) is 37.6 Å². The topological polar surface area (TPSA) is 91.9 Å². The van der Waals surface area contributed by atoms with E-state index in [-0.39, 0.29) is 17.9 Å². The molecule has 1 amide bonds. The molecular weight excluding hydrogens is 468 g/mol. The Morgan fingerprint density at radius 3 is 2.49 bits per heavy atom. The number of carbonyl (C=O) groups is 2. The van der Waals surface area contributed by atoms with Crippen LogP contribution in [-0.2, 0) is 16.1 Å². The van der Waals surface area contributed by atoms with Gasteiger partial charge in [0.2, 0.25) is 0 Å². The molecule has 0 radical (unpaired) electrons. The third-order valence-electron chi connectivity index (χ3n) is 6.59. The summed E-state index contributed by atoms with van der Waals surface area (Å²) in [6.45, 7) is 2.74. The Morgan fingerprint density at radius 2 is 1.73 bits per heavy atom. The number of benzene rings is 3. The van der Waals surface area contributed by atoms with Crippen molar-refractivity contribution in [2.45, 2.75) is 25.9 Å². The van der Waals surface area contributed by atoms with Gasteiger partial charge in [0.15, 0.2) is 0 Å². The largest absolute Gasteiger partial charge is 0.507 e. The number of nitrogens with one attached hydrogen (secondary N) is 1. The summed E-state index contributed by atoms with van der Waals surface area (Å²) in [6, 6.07) is 21.2. The lowest BCUT2D eigenvalue weighted by molar-refractivity contribution is -0.140. The number of H-pyrrole nitrogens is 1. The second kappa shape index (κ2) is 10.2. The van der Waals surface area contributed by atoms with Gasteiger partial charge < -0.3 is 24.5 Å². The molecular formula is C30H28N2O5. The molecule has 1 aromatic heterocycles. The minimum absolute atomic E-state index is 0.0480. The van der Waals surface area contributed by atoms with Crippen molar-refractivity contribution in [3.05, 3.63) is 101 Å². The van der Waals surface area contributed by atoms with Gasteiger partial charge in [0.05, 0.1) is 31.9 Å². The third kappa shape index (κ3) is 4.44. The number of hydrogen-bond donors (Lipinski definition) is 2. The Hall–Kier alpha value is -4.52. The molecule has 1 aliphatic rings. The molecule has 0 spiro atoms. The maximum atomic E-state index is 13.4. The number of aromatic nitrogens is 1. The number of ether oxygens (including phenoxy) is 2. The zero-order chi connectivity index (χ0) is 25.9. The van der Waals surface area contributed by atoms with Gasteiger partial charge in [-0.05, 0) is 42.8 Å². The van der Waals surface area contributed by atoms with Crippen molar-refractivity contribution in [3.8, 4) is 11.5 Å². The zero-order valence-corrected chi connectivity index (χ0v) is 20.7. The smallest absolute Gasteiger partial charge is 0.295 e. The van der Waals surface area contributed by atoms with E-state index < -0.39 is 17.7 Å². The number of aliphatic hydroxyl groups is 1. The summed E-state index contributed by atoms with van der Waals surface area (Å²) in [7, 11) is 1.57. The molecule has 2 N–H and O–H groups in total. The number of Topliss-reactive ketones (excluding diaryl/α,β-unsaturated/α-hetero) is 1. The number of rotatable bonds is 8. The van der Waals surface area contributed by atoms with E-state index >= 15 is 0 Å². The molecule has 4 aromatic rings. The van der Waals surface area contributed by atoms with Gasteiger partial charge in [-0.15, -0.1) is 0 Å². The Balaban J connectivity index is 1.64. The van der Waals surface area contributed by atoms with E-state index in [1.807, 2.05) is 55.5 Å². The highest BCUT2D eigenvalue weighted by Crippen LogP contribution is 2.43. The van der Waals surface area contributed by atoms with Crippen molar-refractivity contribution < 1.29 is 24.2 Å². The fourth-order valence-electron chi connectivity index (χ4n) is 4.79. The third-order valence-corrected chi connectivity index (χ3v) is 6.59. The van der Waals surface area contributed by atoms with E-state index in [2.05, 4.69) is 4.98 Å². The number of amides is 1. The molecule has 1 aliphatic heterocycles. The Morgan fingerprint density at radius 1 is 1.00 bits per heavy atom. The fourth-order valence-corrected chi connectivity index (χ4v) is 4.79. The van der Waals surface area contributed by atoms with Crippen LogP contribution in [0.1, 0.15) is 36.1 Å². The van der Waals surface area contributed by atoms with Crippen LogP contribution in [0.5, 0.6) is 11.5 Å². The molecule has 0 aliphatic carbocycles. The Kier molecular flexibility index (Phi) is 6.68. The predicted molar refractivity (Wildman–Crippen MR) is 141 cm³/mol. The van der Waals surface area contributed by atoms with Gasteiger partial charge in [0, 0.05) is 33.8 Å². The van der Waals surface area contributed by atoms with Gasteiger partial charge >= 0.3 is 0 Å². The molecule has 3 aromatic carbocycles. The Bertz CT molecular complexity index is 1490. The summed E-state index contributed by atoms with van der Waals surface area (Å²) >= 11 is 0. The molecule has 2 heterocycles. The summed E-state index contributed by atoms with van der Waals surface area (Å²) in [5.74, 6) is -0.342. The van der Waals surface area contributed by atoms with Crippen LogP contribution in [0.4, 0.5) is 0 Å². The normalized spacial score (nSPS) is 16.9. The second-order valence-corrected chi connectivity index (χ2v) is 8.90. The maximum absolute atomic E-state index is 13.4. The number of methoxy groups -OCH3 is 1.